The zero-order valence-electron chi connectivity index (χ0n) is 15.8. The summed E-state index contributed by atoms with van der Waals surface area (Å²) in [5.74, 6) is -0.195. The quantitative estimate of drug-likeness (QED) is 0.593. The maximum absolute atomic E-state index is 12.8. The van der Waals surface area contributed by atoms with Crippen LogP contribution in [0.4, 0.5) is 0 Å². The number of nitrogens with zero attached hydrogens (tertiary/aromatic N) is 3. The van der Waals surface area contributed by atoms with Crippen molar-refractivity contribution in [3.8, 4) is 0 Å². The smallest absolute Gasteiger partial charge is 0.251 e. The molecule has 0 atom stereocenters. The summed E-state index contributed by atoms with van der Waals surface area (Å²) in [4.78, 5) is 16.4. The highest BCUT2D eigenvalue weighted by Crippen LogP contribution is 2.20. The van der Waals surface area contributed by atoms with E-state index in [0.29, 0.717) is 25.2 Å². The molecule has 9 heteroatoms. The number of hydrogen-bond donors (Lipinski definition) is 1. The molecule has 2 aromatic rings. The fourth-order valence-corrected chi connectivity index (χ4v) is 4.71. The number of aromatic nitrogens is 2. The topological polar surface area (TPSA) is 84.3 Å². The van der Waals surface area contributed by atoms with Crippen molar-refractivity contribution < 1.29 is 25.6 Å². The van der Waals surface area contributed by atoms with E-state index in [4.69, 9.17) is 0 Å². The number of imidazole rings is 1. The summed E-state index contributed by atoms with van der Waals surface area (Å²) in [7, 11) is -3.48. The first-order valence-corrected chi connectivity index (χ1v) is 10.9. The number of nitrogens with one attached hydrogen (secondary N) is 1. The van der Waals surface area contributed by atoms with Gasteiger partial charge in [0.1, 0.15) is 0 Å². The van der Waals surface area contributed by atoms with Gasteiger partial charge < -0.3 is 22.3 Å². The van der Waals surface area contributed by atoms with Crippen LogP contribution in [0.2, 0.25) is 0 Å². The monoisotopic (exact) mass is 425 g/mol. The highest BCUT2D eigenvalue weighted by atomic mass is 35.5. The first kappa shape index (κ1) is 22.4. The number of benzene rings is 1. The number of hydrogen-bond acceptors (Lipinski definition) is 4. The summed E-state index contributed by atoms with van der Waals surface area (Å²) >= 11 is 0. The van der Waals surface area contributed by atoms with Crippen LogP contribution in [0.25, 0.3) is 0 Å². The summed E-state index contributed by atoms with van der Waals surface area (Å²) in [6.45, 7) is 2.47. The maximum Gasteiger partial charge on any atom is 0.251 e. The van der Waals surface area contributed by atoms with Gasteiger partial charge in [-0.05, 0) is 43.5 Å². The second kappa shape index (κ2) is 10.6. The molecular formula is C19H26ClN4O3S-. The van der Waals surface area contributed by atoms with Gasteiger partial charge in [-0.25, -0.2) is 13.4 Å². The Kier molecular flexibility index (Phi) is 8.47. The zero-order valence-corrected chi connectivity index (χ0v) is 17.3. The lowest BCUT2D eigenvalue weighted by atomic mass is 10.2. The molecule has 1 N–H and O–H groups in total. The second-order valence-electron chi connectivity index (χ2n) is 6.75. The van der Waals surface area contributed by atoms with Gasteiger partial charge in [-0.2, -0.15) is 4.31 Å². The number of sulfonamides is 1. The Bertz CT molecular complexity index is 831. The molecule has 0 unspecified atom stereocenters. The molecule has 28 heavy (non-hydrogen) atoms. The van der Waals surface area contributed by atoms with Crippen molar-refractivity contribution >= 4 is 15.9 Å². The highest BCUT2D eigenvalue weighted by molar-refractivity contribution is 7.89. The molecule has 7 nitrogen and oxygen atoms in total. The fraction of sp³-hybridized carbons (Fsp3) is 0.474. The number of halogens is 1. The molecule has 1 fully saturated rings. The van der Waals surface area contributed by atoms with Crippen molar-refractivity contribution in [2.45, 2.75) is 43.5 Å². The molecule has 1 aromatic carbocycles. The molecule has 1 aliphatic heterocycles. The van der Waals surface area contributed by atoms with Crippen molar-refractivity contribution in [3.63, 3.8) is 0 Å². The minimum Gasteiger partial charge on any atom is -1.00 e. The lowest BCUT2D eigenvalue weighted by Gasteiger charge is -2.20. The van der Waals surface area contributed by atoms with E-state index in [1.807, 2.05) is 10.8 Å². The van der Waals surface area contributed by atoms with Crippen LogP contribution >= 0.6 is 0 Å². The number of carbonyl (C=O) groups excluding carboxylic acids is 1. The third-order valence-electron chi connectivity index (χ3n) is 4.76. The molecule has 0 radical (unpaired) electrons. The molecule has 154 valence electrons. The number of rotatable bonds is 7. The SMILES string of the molecule is O=C(NCCCn1ccnc1)c1ccc(S(=O)(=O)N2CCCCCC2)cc1.[Cl-]. The molecule has 2 heterocycles. The summed E-state index contributed by atoms with van der Waals surface area (Å²) in [6.07, 6.45) is 10.1. The van der Waals surface area contributed by atoms with Crippen LogP contribution < -0.4 is 17.7 Å². The molecule has 0 spiro atoms. The zero-order chi connectivity index (χ0) is 19.1. The third-order valence-corrected chi connectivity index (χ3v) is 6.67. The summed E-state index contributed by atoms with van der Waals surface area (Å²) in [6, 6.07) is 6.22. The van der Waals surface area contributed by atoms with E-state index in [-0.39, 0.29) is 23.2 Å². The van der Waals surface area contributed by atoms with Crippen LogP contribution in [0.5, 0.6) is 0 Å². The first-order chi connectivity index (χ1) is 13.1. The van der Waals surface area contributed by atoms with Crippen molar-refractivity contribution in [1.29, 1.82) is 0 Å². The van der Waals surface area contributed by atoms with Gasteiger partial charge in [0, 0.05) is 44.1 Å². The van der Waals surface area contributed by atoms with Crippen molar-refractivity contribution in [2.75, 3.05) is 19.6 Å². The standard InChI is InChI=1S/C19H26N4O3S.ClH/c24-19(21-10-5-12-22-15-11-20-16-22)17-6-8-18(9-7-17)27(25,26)23-13-3-1-2-4-14-23;/h6-9,11,15-16H,1-5,10,12-14H2,(H,21,24);1H/p-1. The average Bonchev–Trinajstić information content (AvgIpc) is 3.04. The summed E-state index contributed by atoms with van der Waals surface area (Å²) < 4.78 is 29.0. The molecule has 0 saturated carbocycles. The van der Waals surface area contributed by atoms with Gasteiger partial charge in [-0.1, -0.05) is 12.8 Å². The van der Waals surface area contributed by atoms with Crippen LogP contribution in [-0.4, -0.2) is 47.8 Å². The van der Waals surface area contributed by atoms with Crippen LogP contribution in [-0.2, 0) is 16.6 Å². The normalized spacial score (nSPS) is 15.4. The molecule has 1 aliphatic rings. The summed E-state index contributed by atoms with van der Waals surface area (Å²) in [5.41, 5.74) is 0.465. The highest BCUT2D eigenvalue weighted by Gasteiger charge is 2.25. The predicted molar refractivity (Wildman–Crippen MR) is 103 cm³/mol. The first-order valence-electron chi connectivity index (χ1n) is 9.41. The van der Waals surface area contributed by atoms with Gasteiger partial charge in [0.05, 0.1) is 11.2 Å². The van der Waals surface area contributed by atoms with Crippen LogP contribution in [0.15, 0.2) is 47.9 Å². The van der Waals surface area contributed by atoms with Gasteiger partial charge >= 0.3 is 0 Å². The second-order valence-corrected chi connectivity index (χ2v) is 8.69. The number of amides is 1. The van der Waals surface area contributed by atoms with Crippen molar-refractivity contribution in [3.05, 3.63) is 48.5 Å². The fourth-order valence-electron chi connectivity index (χ4n) is 3.19. The average molecular weight is 426 g/mol. The number of aryl methyl sites for hydroxylation is 1. The van der Waals surface area contributed by atoms with Crippen LogP contribution in [0, 0.1) is 0 Å². The largest absolute Gasteiger partial charge is 1.00 e. The van der Waals surface area contributed by atoms with E-state index in [1.54, 1.807) is 29.0 Å². The van der Waals surface area contributed by atoms with E-state index < -0.39 is 10.0 Å². The Morgan fingerprint density at radius 3 is 2.36 bits per heavy atom. The van der Waals surface area contributed by atoms with Gasteiger partial charge in [0.25, 0.3) is 5.91 Å². The van der Waals surface area contributed by atoms with E-state index >= 15 is 0 Å². The van der Waals surface area contributed by atoms with E-state index in [0.717, 1.165) is 38.6 Å². The lowest BCUT2D eigenvalue weighted by molar-refractivity contribution is -0.0000165. The minimum atomic E-state index is -3.48. The molecule has 1 amide bonds. The van der Waals surface area contributed by atoms with Gasteiger partial charge in [0.2, 0.25) is 10.0 Å². The minimum absolute atomic E-state index is 0. The van der Waals surface area contributed by atoms with Gasteiger partial charge in [-0.3, -0.25) is 4.79 Å². The van der Waals surface area contributed by atoms with E-state index in [9.17, 15) is 13.2 Å². The molecule has 3 rings (SSSR count). The van der Waals surface area contributed by atoms with E-state index in [1.165, 1.54) is 12.1 Å². The predicted octanol–water partition coefficient (Wildman–Crippen LogP) is -0.728. The van der Waals surface area contributed by atoms with Gasteiger partial charge in [0.15, 0.2) is 0 Å². The van der Waals surface area contributed by atoms with Gasteiger partial charge in [-0.15, -0.1) is 0 Å². The maximum atomic E-state index is 12.8. The lowest BCUT2D eigenvalue weighted by Crippen LogP contribution is -3.00. The van der Waals surface area contributed by atoms with E-state index in [2.05, 4.69) is 10.3 Å². The molecule has 1 aromatic heterocycles. The van der Waals surface area contributed by atoms with Crippen LogP contribution in [0.3, 0.4) is 0 Å². The van der Waals surface area contributed by atoms with Crippen molar-refractivity contribution in [2.24, 2.45) is 0 Å². The molecular weight excluding hydrogens is 400 g/mol. The molecule has 0 bridgehead atoms. The Balaban J connectivity index is 0.00000280. The Morgan fingerprint density at radius 1 is 1.07 bits per heavy atom. The van der Waals surface area contributed by atoms with Crippen LogP contribution in [0.1, 0.15) is 42.5 Å². The third kappa shape index (κ3) is 5.80. The number of carbonyl (C=O) groups is 1. The molecule has 0 aliphatic carbocycles. The summed E-state index contributed by atoms with van der Waals surface area (Å²) in [5, 5.41) is 2.86. The Morgan fingerprint density at radius 2 is 1.75 bits per heavy atom. The molecule has 1 saturated heterocycles. The Labute approximate surface area is 172 Å². The van der Waals surface area contributed by atoms with Crippen molar-refractivity contribution in [1.82, 2.24) is 19.2 Å². The Hall–Kier alpha value is -1.90.